The molecule has 0 aliphatic carbocycles. The molecule has 0 aliphatic heterocycles. The van der Waals surface area contributed by atoms with Crippen molar-refractivity contribution >= 4 is 5.97 Å². The molecule has 8 heteroatoms. The van der Waals surface area contributed by atoms with Gasteiger partial charge in [-0.1, -0.05) is 18.2 Å². The number of carbonyl (C=O) groups is 1. The Hall–Kier alpha value is -2.61. The molecule has 2 N–H and O–H groups in total. The summed E-state index contributed by atoms with van der Waals surface area (Å²) in [6.07, 6.45) is -2.29. The van der Waals surface area contributed by atoms with Gasteiger partial charge in [0.2, 0.25) is 5.88 Å². The molecule has 0 aliphatic rings. The predicted molar refractivity (Wildman–Crippen MR) is 84.6 cm³/mol. The fourth-order valence-electron chi connectivity index (χ4n) is 2.08. The lowest BCUT2D eigenvalue weighted by atomic mass is 10.1. The molecule has 134 valence electrons. The van der Waals surface area contributed by atoms with Crippen molar-refractivity contribution in [1.29, 1.82) is 0 Å². The number of halogens is 3. The molecule has 0 saturated carbocycles. The molecule has 2 rings (SSSR count). The van der Waals surface area contributed by atoms with E-state index in [9.17, 15) is 18.0 Å². The minimum atomic E-state index is -4.39. The van der Waals surface area contributed by atoms with Gasteiger partial charge < -0.3 is 15.2 Å². The van der Waals surface area contributed by atoms with Crippen LogP contribution in [0.3, 0.4) is 0 Å². The van der Waals surface area contributed by atoms with E-state index in [1.165, 1.54) is 18.3 Å². The van der Waals surface area contributed by atoms with Crippen LogP contribution in [-0.2, 0) is 13.0 Å². The average molecular weight is 354 g/mol. The zero-order chi connectivity index (χ0) is 18.3. The number of rotatable bonds is 8. The molecule has 0 unspecified atom stereocenters. The smallest absolute Gasteiger partial charge is 0.422 e. The number of aromatic nitrogens is 1. The van der Waals surface area contributed by atoms with Gasteiger partial charge >= 0.3 is 12.1 Å². The maximum absolute atomic E-state index is 12.0. The Morgan fingerprint density at radius 1 is 1.20 bits per heavy atom. The van der Waals surface area contributed by atoms with Crippen molar-refractivity contribution in [1.82, 2.24) is 10.3 Å². The summed E-state index contributed by atoms with van der Waals surface area (Å²) in [5.41, 5.74) is 1.94. The molecule has 0 spiro atoms. The third-order valence-corrected chi connectivity index (χ3v) is 3.27. The van der Waals surface area contributed by atoms with Gasteiger partial charge in [-0.15, -0.1) is 0 Å². The Morgan fingerprint density at radius 2 is 2.00 bits per heavy atom. The first-order valence-electron chi connectivity index (χ1n) is 7.51. The number of ether oxygens (including phenoxy) is 1. The van der Waals surface area contributed by atoms with Crippen LogP contribution in [0.1, 0.15) is 21.5 Å². The molecule has 0 atom stereocenters. The molecule has 0 bridgehead atoms. The second-order valence-corrected chi connectivity index (χ2v) is 5.34. The fourth-order valence-corrected chi connectivity index (χ4v) is 2.08. The number of aromatic carboxylic acids is 1. The van der Waals surface area contributed by atoms with E-state index < -0.39 is 18.8 Å². The summed E-state index contributed by atoms with van der Waals surface area (Å²) in [6, 6.07) is 9.70. The zero-order valence-electron chi connectivity index (χ0n) is 13.2. The van der Waals surface area contributed by atoms with Crippen LogP contribution in [0.4, 0.5) is 13.2 Å². The number of alkyl halides is 3. The minimum absolute atomic E-state index is 0.0699. The van der Waals surface area contributed by atoms with E-state index in [-0.39, 0.29) is 11.4 Å². The van der Waals surface area contributed by atoms with Crippen molar-refractivity contribution in [2.45, 2.75) is 19.1 Å². The van der Waals surface area contributed by atoms with E-state index in [0.717, 1.165) is 11.1 Å². The van der Waals surface area contributed by atoms with E-state index in [0.29, 0.717) is 19.5 Å². The number of hydrogen-bond acceptors (Lipinski definition) is 4. The van der Waals surface area contributed by atoms with Crippen molar-refractivity contribution in [2.75, 3.05) is 13.2 Å². The lowest BCUT2D eigenvalue weighted by Gasteiger charge is -2.09. The summed E-state index contributed by atoms with van der Waals surface area (Å²) in [5.74, 6) is -1.04. The molecular formula is C17H17F3N2O3. The largest absolute Gasteiger partial charge is 0.478 e. The maximum Gasteiger partial charge on any atom is 0.422 e. The summed E-state index contributed by atoms with van der Waals surface area (Å²) in [4.78, 5) is 14.7. The number of carboxylic acids is 1. The standard InChI is InChI=1S/C17H17F3N2O3/c18-17(19,20)11-25-15-5-4-12(10-22-15)6-7-21-9-13-2-1-3-14(8-13)16(23)24/h1-5,8,10,21H,6-7,9,11H2,(H,23,24). The van der Waals surface area contributed by atoms with Crippen LogP contribution >= 0.6 is 0 Å². The summed E-state index contributed by atoms with van der Waals surface area (Å²) < 4.78 is 40.7. The number of nitrogens with zero attached hydrogens (tertiary/aromatic N) is 1. The molecule has 0 amide bonds. The van der Waals surface area contributed by atoms with E-state index in [1.807, 2.05) is 6.07 Å². The Bertz CT molecular complexity index is 703. The van der Waals surface area contributed by atoms with Crippen LogP contribution in [-0.4, -0.2) is 35.4 Å². The first-order chi connectivity index (χ1) is 11.8. The van der Waals surface area contributed by atoms with Crippen LogP contribution < -0.4 is 10.1 Å². The first kappa shape index (κ1) is 18.7. The number of carboxylic acid groups (broad SMARTS) is 1. The molecule has 25 heavy (non-hydrogen) atoms. The Morgan fingerprint density at radius 3 is 2.64 bits per heavy atom. The molecule has 1 aromatic heterocycles. The molecule has 1 aromatic carbocycles. The van der Waals surface area contributed by atoms with Crippen LogP contribution in [0.2, 0.25) is 0 Å². The van der Waals surface area contributed by atoms with Gasteiger partial charge in [-0.3, -0.25) is 0 Å². The van der Waals surface area contributed by atoms with E-state index in [2.05, 4.69) is 15.0 Å². The van der Waals surface area contributed by atoms with Gasteiger partial charge in [0.05, 0.1) is 5.56 Å². The topological polar surface area (TPSA) is 71.5 Å². The molecule has 0 radical (unpaired) electrons. The predicted octanol–water partition coefficient (Wildman–Crippen LogP) is 3.05. The van der Waals surface area contributed by atoms with Gasteiger partial charge in [-0.2, -0.15) is 13.2 Å². The normalized spacial score (nSPS) is 11.3. The summed E-state index contributed by atoms with van der Waals surface area (Å²) in [5, 5.41) is 12.1. The number of nitrogens with one attached hydrogen (secondary N) is 1. The maximum atomic E-state index is 12.0. The van der Waals surface area contributed by atoms with Crippen LogP contribution in [0.25, 0.3) is 0 Å². The molecule has 0 saturated heterocycles. The van der Waals surface area contributed by atoms with E-state index >= 15 is 0 Å². The summed E-state index contributed by atoms with van der Waals surface area (Å²) in [6.45, 7) is -0.237. The van der Waals surface area contributed by atoms with Gasteiger partial charge in [0.15, 0.2) is 6.61 Å². The summed E-state index contributed by atoms with van der Waals surface area (Å²) in [7, 11) is 0. The minimum Gasteiger partial charge on any atom is -0.478 e. The van der Waals surface area contributed by atoms with Crippen molar-refractivity contribution < 1.29 is 27.8 Å². The molecular weight excluding hydrogens is 337 g/mol. The average Bonchev–Trinajstić information content (AvgIpc) is 2.57. The van der Waals surface area contributed by atoms with E-state index in [4.69, 9.17) is 5.11 Å². The first-order valence-corrected chi connectivity index (χ1v) is 7.51. The number of benzene rings is 1. The highest BCUT2D eigenvalue weighted by Crippen LogP contribution is 2.17. The monoisotopic (exact) mass is 354 g/mol. The molecule has 1 heterocycles. The Labute approximate surface area is 142 Å². The van der Waals surface area contributed by atoms with Gasteiger partial charge in [-0.25, -0.2) is 9.78 Å². The van der Waals surface area contributed by atoms with E-state index in [1.54, 1.807) is 18.2 Å². The highest BCUT2D eigenvalue weighted by Gasteiger charge is 2.28. The van der Waals surface area contributed by atoms with Gasteiger partial charge in [0.1, 0.15) is 0 Å². The highest BCUT2D eigenvalue weighted by atomic mass is 19.4. The number of hydrogen-bond donors (Lipinski definition) is 2. The van der Waals surface area contributed by atoms with Gasteiger partial charge in [-0.05, 0) is 36.2 Å². The van der Waals surface area contributed by atoms with Crippen molar-refractivity contribution in [2.24, 2.45) is 0 Å². The quantitative estimate of drug-likeness (QED) is 0.713. The second kappa shape index (κ2) is 8.48. The lowest BCUT2D eigenvalue weighted by Crippen LogP contribution is -2.19. The molecule has 2 aromatic rings. The van der Waals surface area contributed by atoms with Crippen LogP contribution in [0.15, 0.2) is 42.6 Å². The molecule has 0 fully saturated rings. The van der Waals surface area contributed by atoms with Crippen molar-refractivity contribution in [3.05, 3.63) is 59.3 Å². The highest BCUT2D eigenvalue weighted by molar-refractivity contribution is 5.87. The van der Waals surface area contributed by atoms with Crippen molar-refractivity contribution in [3.63, 3.8) is 0 Å². The Balaban J connectivity index is 1.74. The zero-order valence-corrected chi connectivity index (χ0v) is 13.2. The second-order valence-electron chi connectivity index (χ2n) is 5.34. The third-order valence-electron chi connectivity index (χ3n) is 3.27. The van der Waals surface area contributed by atoms with Crippen molar-refractivity contribution in [3.8, 4) is 5.88 Å². The fraction of sp³-hybridized carbons (Fsp3) is 0.294. The number of pyridine rings is 1. The lowest BCUT2D eigenvalue weighted by molar-refractivity contribution is -0.154. The van der Waals surface area contributed by atoms with Gasteiger partial charge in [0.25, 0.3) is 0 Å². The summed E-state index contributed by atoms with van der Waals surface area (Å²) >= 11 is 0. The Kier molecular flexibility index (Phi) is 6.35. The van der Waals surface area contributed by atoms with Gasteiger partial charge in [0, 0.05) is 18.8 Å². The molecule has 5 nitrogen and oxygen atoms in total. The third kappa shape index (κ3) is 6.80. The van der Waals surface area contributed by atoms with Crippen LogP contribution in [0, 0.1) is 0 Å². The SMILES string of the molecule is O=C(O)c1cccc(CNCCc2ccc(OCC(F)(F)F)nc2)c1. The van der Waals surface area contributed by atoms with Crippen LogP contribution in [0.5, 0.6) is 5.88 Å².